The first-order valence-electron chi connectivity index (χ1n) is 19.4. The highest BCUT2D eigenvalue weighted by molar-refractivity contribution is 6.23. The number of fused-ring (bicyclic) bond motifs is 7. The fraction of sp³-hybridized carbons (Fsp3) is 0.0588. The molecule has 5 nitrogen and oxygen atoms in total. The van der Waals surface area contributed by atoms with Gasteiger partial charge in [-0.2, -0.15) is 0 Å². The molecule has 1 aliphatic heterocycles. The summed E-state index contributed by atoms with van der Waals surface area (Å²) >= 11 is 0. The van der Waals surface area contributed by atoms with E-state index in [-0.39, 0.29) is 18.6 Å². The summed E-state index contributed by atoms with van der Waals surface area (Å²) in [5.41, 5.74) is 13.0. The van der Waals surface area contributed by atoms with Gasteiger partial charge in [-0.1, -0.05) is 170 Å². The third-order valence-electron chi connectivity index (χ3n) is 11.4. The van der Waals surface area contributed by atoms with Crippen molar-refractivity contribution in [1.29, 1.82) is 0 Å². The summed E-state index contributed by atoms with van der Waals surface area (Å²) in [6, 6.07) is 72.2. The zero-order valence-corrected chi connectivity index (χ0v) is 30.7. The van der Waals surface area contributed by atoms with E-state index in [0.717, 1.165) is 5.69 Å². The third kappa shape index (κ3) is 5.44. The van der Waals surface area contributed by atoms with E-state index in [9.17, 15) is 0 Å². The highest BCUT2D eigenvalue weighted by atomic mass is 15.4. The first-order chi connectivity index (χ1) is 27.8. The van der Waals surface area contributed by atoms with Crippen molar-refractivity contribution in [3.05, 3.63) is 211 Å². The van der Waals surface area contributed by atoms with Crippen molar-refractivity contribution in [1.82, 2.24) is 25.1 Å². The zero-order valence-electron chi connectivity index (χ0n) is 30.7. The van der Waals surface area contributed by atoms with Crippen LogP contribution in [0.5, 0.6) is 0 Å². The lowest BCUT2D eigenvalue weighted by Crippen LogP contribution is -2.56. The van der Waals surface area contributed by atoms with E-state index >= 15 is 0 Å². The van der Waals surface area contributed by atoms with Crippen molar-refractivity contribution in [2.24, 2.45) is 0 Å². The summed E-state index contributed by atoms with van der Waals surface area (Å²) in [6.07, 6.45) is -0.558. The van der Waals surface area contributed by atoms with Crippen molar-refractivity contribution in [2.45, 2.75) is 18.6 Å². The summed E-state index contributed by atoms with van der Waals surface area (Å²) in [5, 5.41) is 16.9. The summed E-state index contributed by atoms with van der Waals surface area (Å²) in [7, 11) is 0. The number of hydrogen-bond acceptors (Lipinski definition) is 3. The average molecular weight is 722 g/mol. The number of para-hydroxylation sites is 2. The summed E-state index contributed by atoms with van der Waals surface area (Å²) in [5.74, 6) is 0. The highest BCUT2D eigenvalue weighted by Crippen LogP contribution is 2.42. The summed E-state index contributed by atoms with van der Waals surface area (Å²) < 4.78 is 4.99. The van der Waals surface area contributed by atoms with Crippen LogP contribution in [0.1, 0.15) is 29.7 Å². The molecular weight excluding hydrogens is 683 g/mol. The molecule has 10 aromatic rings. The van der Waals surface area contributed by atoms with Crippen LogP contribution in [0.4, 0.5) is 0 Å². The van der Waals surface area contributed by atoms with Gasteiger partial charge in [-0.05, 0) is 63.7 Å². The van der Waals surface area contributed by atoms with E-state index in [1.165, 1.54) is 77.0 Å². The minimum absolute atomic E-state index is 0.128. The topological polar surface area (TPSA) is 46.0 Å². The van der Waals surface area contributed by atoms with E-state index in [1.807, 2.05) is 0 Å². The fourth-order valence-electron chi connectivity index (χ4n) is 8.86. The van der Waals surface area contributed by atoms with E-state index in [4.69, 9.17) is 0 Å². The van der Waals surface area contributed by atoms with Crippen molar-refractivity contribution >= 4 is 43.6 Å². The average Bonchev–Trinajstić information content (AvgIpc) is 3.80. The normalized spacial score (nSPS) is 17.2. The van der Waals surface area contributed by atoms with Gasteiger partial charge in [-0.25, -0.2) is 0 Å². The van der Waals surface area contributed by atoms with Gasteiger partial charge in [0, 0.05) is 27.2 Å². The number of hydrogen-bond donors (Lipinski definition) is 3. The quantitative estimate of drug-likeness (QED) is 0.160. The van der Waals surface area contributed by atoms with Crippen LogP contribution in [0.2, 0.25) is 0 Å². The molecule has 8 aromatic carbocycles. The molecule has 0 spiro atoms. The first kappa shape index (κ1) is 32.7. The van der Waals surface area contributed by atoms with Crippen molar-refractivity contribution in [3.63, 3.8) is 0 Å². The van der Waals surface area contributed by atoms with Crippen molar-refractivity contribution < 1.29 is 0 Å². The van der Waals surface area contributed by atoms with Crippen LogP contribution in [-0.4, -0.2) is 9.13 Å². The van der Waals surface area contributed by atoms with Crippen LogP contribution < -0.4 is 16.0 Å². The second kappa shape index (κ2) is 13.5. The molecular formula is C51H39N5. The lowest BCUT2D eigenvalue weighted by molar-refractivity contribution is 0.161. The van der Waals surface area contributed by atoms with Gasteiger partial charge in [0.2, 0.25) is 0 Å². The molecule has 1 saturated heterocycles. The number of rotatable bonds is 6. The van der Waals surface area contributed by atoms with Crippen LogP contribution in [0.25, 0.3) is 71.6 Å². The number of aromatic nitrogens is 2. The van der Waals surface area contributed by atoms with Gasteiger partial charge in [-0.15, -0.1) is 0 Å². The SMILES string of the molecule is c1ccc(-c2cccc(C3NC(c4ccccc4)NC(n4c5ccccc5c5ccc6c7ccccc7n(-c7cccc(-c8ccccc8)c7)c6c54)N3)c2)cc1. The van der Waals surface area contributed by atoms with Gasteiger partial charge in [-0.3, -0.25) is 16.0 Å². The minimum atomic E-state index is -0.276. The van der Waals surface area contributed by atoms with Gasteiger partial charge in [0.25, 0.3) is 0 Å². The van der Waals surface area contributed by atoms with Gasteiger partial charge in [0.15, 0.2) is 0 Å². The first-order valence-corrected chi connectivity index (χ1v) is 19.4. The Labute approximate surface area is 325 Å². The van der Waals surface area contributed by atoms with Crippen molar-refractivity contribution in [2.75, 3.05) is 0 Å². The molecule has 3 heterocycles. The molecule has 3 unspecified atom stereocenters. The molecule has 0 bridgehead atoms. The molecule has 3 N–H and O–H groups in total. The predicted molar refractivity (Wildman–Crippen MR) is 231 cm³/mol. The second-order valence-corrected chi connectivity index (χ2v) is 14.7. The summed E-state index contributed by atoms with van der Waals surface area (Å²) in [6.45, 7) is 0. The Balaban J connectivity index is 1.16. The predicted octanol–water partition coefficient (Wildman–Crippen LogP) is 11.9. The largest absolute Gasteiger partial charge is 0.309 e. The molecule has 268 valence electrons. The van der Waals surface area contributed by atoms with Gasteiger partial charge in [0.1, 0.15) is 6.29 Å². The lowest BCUT2D eigenvalue weighted by atomic mass is 10.0. The number of nitrogens with one attached hydrogen (secondary N) is 3. The Morgan fingerprint density at radius 1 is 0.339 bits per heavy atom. The number of nitrogens with zero attached hydrogens (tertiary/aromatic N) is 2. The molecule has 0 aliphatic carbocycles. The Morgan fingerprint density at radius 3 is 1.54 bits per heavy atom. The Kier molecular flexibility index (Phi) is 7.88. The van der Waals surface area contributed by atoms with E-state index in [2.05, 4.69) is 225 Å². The fourth-order valence-corrected chi connectivity index (χ4v) is 8.86. The Hall–Kier alpha value is -6.76. The minimum Gasteiger partial charge on any atom is -0.309 e. The van der Waals surface area contributed by atoms with E-state index in [1.54, 1.807) is 0 Å². The second-order valence-electron chi connectivity index (χ2n) is 14.7. The maximum atomic E-state index is 4.05. The van der Waals surface area contributed by atoms with Gasteiger partial charge in [0.05, 0.1) is 34.4 Å². The van der Waals surface area contributed by atoms with Crippen LogP contribution >= 0.6 is 0 Å². The van der Waals surface area contributed by atoms with Crippen molar-refractivity contribution in [3.8, 4) is 27.9 Å². The Bertz CT molecular complexity index is 3020. The maximum absolute atomic E-state index is 4.05. The van der Waals surface area contributed by atoms with E-state index in [0.29, 0.717) is 0 Å². The zero-order chi connectivity index (χ0) is 37.0. The van der Waals surface area contributed by atoms with Crippen LogP contribution in [0, 0.1) is 0 Å². The molecule has 3 atom stereocenters. The van der Waals surface area contributed by atoms with Crippen LogP contribution in [0.15, 0.2) is 200 Å². The monoisotopic (exact) mass is 721 g/mol. The molecule has 0 radical (unpaired) electrons. The smallest absolute Gasteiger partial charge is 0.142 e. The van der Waals surface area contributed by atoms with Gasteiger partial charge < -0.3 is 9.13 Å². The Morgan fingerprint density at radius 2 is 0.839 bits per heavy atom. The molecule has 56 heavy (non-hydrogen) atoms. The molecule has 0 saturated carbocycles. The standard InChI is InChI=1S/C51H39N5/c1-4-16-34(17-5-1)37-22-14-24-39(32-37)50-52-49(36-20-8-3-9-21-36)53-51(54-50)56-46-29-13-11-27-42(46)44-31-30-43-41-26-10-12-28-45(41)55(47(43)48(44)56)40-25-15-23-38(33-40)35-18-6-2-7-19-35/h1-33,49-54H. The highest BCUT2D eigenvalue weighted by Gasteiger charge is 2.32. The molecule has 1 fully saturated rings. The molecule has 11 rings (SSSR count). The maximum Gasteiger partial charge on any atom is 0.142 e. The van der Waals surface area contributed by atoms with Crippen LogP contribution in [0.3, 0.4) is 0 Å². The molecule has 0 amide bonds. The number of benzene rings is 8. The third-order valence-corrected chi connectivity index (χ3v) is 11.4. The summed E-state index contributed by atoms with van der Waals surface area (Å²) in [4.78, 5) is 0. The molecule has 2 aromatic heterocycles. The van der Waals surface area contributed by atoms with Gasteiger partial charge >= 0.3 is 0 Å². The van der Waals surface area contributed by atoms with E-state index < -0.39 is 0 Å². The van der Waals surface area contributed by atoms with Crippen LogP contribution in [-0.2, 0) is 0 Å². The molecule has 1 aliphatic rings. The lowest BCUT2D eigenvalue weighted by Gasteiger charge is -2.40. The molecule has 5 heteroatoms.